The third kappa shape index (κ3) is 3.74. The number of halogens is 4. The second-order valence-corrected chi connectivity index (χ2v) is 4.13. The molecule has 1 heterocycles. The van der Waals surface area contributed by atoms with Crippen LogP contribution in [0.3, 0.4) is 0 Å². The summed E-state index contributed by atoms with van der Waals surface area (Å²) in [7, 11) is 1.53. The van der Waals surface area contributed by atoms with Gasteiger partial charge in [-0.25, -0.2) is 9.97 Å². The van der Waals surface area contributed by atoms with E-state index in [9.17, 15) is 13.2 Å². The van der Waals surface area contributed by atoms with Gasteiger partial charge in [0.15, 0.2) is 5.69 Å². The first-order chi connectivity index (χ1) is 8.24. The maximum Gasteiger partial charge on any atom is 0.433 e. The van der Waals surface area contributed by atoms with Crippen LogP contribution in [-0.4, -0.2) is 23.6 Å². The molecule has 1 unspecified atom stereocenters. The molecule has 0 saturated heterocycles. The van der Waals surface area contributed by atoms with Crippen molar-refractivity contribution in [2.24, 2.45) is 5.92 Å². The molecule has 0 fully saturated rings. The van der Waals surface area contributed by atoms with Crippen LogP contribution in [-0.2, 0) is 6.18 Å². The van der Waals surface area contributed by atoms with Crippen molar-refractivity contribution in [3.05, 3.63) is 17.0 Å². The largest absolute Gasteiger partial charge is 0.433 e. The Labute approximate surface area is 107 Å². The van der Waals surface area contributed by atoms with Crippen molar-refractivity contribution in [1.29, 1.82) is 5.26 Å². The van der Waals surface area contributed by atoms with Gasteiger partial charge in [0.1, 0.15) is 5.82 Å². The molecule has 1 rings (SSSR count). The molecule has 1 aromatic heterocycles. The highest BCUT2D eigenvalue weighted by molar-refractivity contribution is 6.28. The van der Waals surface area contributed by atoms with Gasteiger partial charge in [0.25, 0.3) is 0 Å². The molecule has 0 amide bonds. The molecular weight excluding hydrogens is 269 g/mol. The summed E-state index contributed by atoms with van der Waals surface area (Å²) in [6.45, 7) is 1.91. The number of alkyl halides is 3. The molecule has 18 heavy (non-hydrogen) atoms. The van der Waals surface area contributed by atoms with Crippen LogP contribution in [0.15, 0.2) is 6.07 Å². The fourth-order valence-electron chi connectivity index (χ4n) is 1.29. The van der Waals surface area contributed by atoms with Crippen molar-refractivity contribution in [2.75, 3.05) is 18.5 Å². The zero-order valence-corrected chi connectivity index (χ0v) is 10.4. The van der Waals surface area contributed by atoms with E-state index in [1.807, 2.05) is 6.07 Å². The van der Waals surface area contributed by atoms with Crippen LogP contribution in [0.2, 0.25) is 5.28 Å². The number of aromatic nitrogens is 2. The standard InChI is InChI=1S/C10H10ClF3N4/c1-6(4-15)5-18(2)8-3-7(10(12,13)14)16-9(11)17-8/h3,6H,5H2,1-2H3. The molecule has 0 aliphatic carbocycles. The van der Waals surface area contributed by atoms with Gasteiger partial charge < -0.3 is 4.90 Å². The second kappa shape index (κ2) is 5.40. The van der Waals surface area contributed by atoms with Gasteiger partial charge in [0, 0.05) is 19.7 Å². The first-order valence-corrected chi connectivity index (χ1v) is 5.34. The van der Waals surface area contributed by atoms with Crippen LogP contribution in [0, 0.1) is 17.2 Å². The summed E-state index contributed by atoms with van der Waals surface area (Å²) >= 11 is 5.46. The van der Waals surface area contributed by atoms with Gasteiger partial charge in [-0.1, -0.05) is 0 Å². The summed E-state index contributed by atoms with van der Waals surface area (Å²) in [6.07, 6.45) is -4.58. The molecule has 4 nitrogen and oxygen atoms in total. The third-order valence-electron chi connectivity index (χ3n) is 2.13. The Morgan fingerprint density at radius 2 is 2.11 bits per heavy atom. The van der Waals surface area contributed by atoms with Crippen molar-refractivity contribution in [1.82, 2.24) is 9.97 Å². The second-order valence-electron chi connectivity index (χ2n) is 3.79. The molecule has 0 saturated carbocycles. The number of nitriles is 1. The summed E-state index contributed by atoms with van der Waals surface area (Å²) < 4.78 is 37.6. The van der Waals surface area contributed by atoms with Gasteiger partial charge >= 0.3 is 6.18 Å². The van der Waals surface area contributed by atoms with Crippen LogP contribution in [0.1, 0.15) is 12.6 Å². The molecule has 0 N–H and O–H groups in total. The van der Waals surface area contributed by atoms with E-state index in [2.05, 4.69) is 9.97 Å². The Morgan fingerprint density at radius 3 is 2.61 bits per heavy atom. The molecular formula is C10H10ClF3N4. The van der Waals surface area contributed by atoms with E-state index < -0.39 is 17.2 Å². The van der Waals surface area contributed by atoms with Gasteiger partial charge in [-0.15, -0.1) is 0 Å². The number of hydrogen-bond acceptors (Lipinski definition) is 4. The Kier molecular flexibility index (Phi) is 4.35. The van der Waals surface area contributed by atoms with E-state index in [0.717, 1.165) is 6.07 Å². The maximum absolute atomic E-state index is 12.5. The fraction of sp³-hybridized carbons (Fsp3) is 0.500. The molecule has 98 valence electrons. The lowest BCUT2D eigenvalue weighted by atomic mass is 10.2. The minimum atomic E-state index is -4.58. The monoisotopic (exact) mass is 278 g/mol. The van der Waals surface area contributed by atoms with E-state index in [-0.39, 0.29) is 18.3 Å². The minimum absolute atomic E-state index is 0.0319. The zero-order chi connectivity index (χ0) is 13.9. The van der Waals surface area contributed by atoms with Crippen LogP contribution in [0.25, 0.3) is 0 Å². The van der Waals surface area contributed by atoms with Crippen molar-refractivity contribution < 1.29 is 13.2 Å². The van der Waals surface area contributed by atoms with Crippen molar-refractivity contribution in [2.45, 2.75) is 13.1 Å². The summed E-state index contributed by atoms with van der Waals surface area (Å²) in [5, 5.41) is 8.18. The van der Waals surface area contributed by atoms with Crippen molar-refractivity contribution in [3.63, 3.8) is 0 Å². The molecule has 8 heteroatoms. The van der Waals surface area contributed by atoms with Crippen molar-refractivity contribution >= 4 is 17.4 Å². The van der Waals surface area contributed by atoms with Crippen molar-refractivity contribution in [3.8, 4) is 6.07 Å². The quantitative estimate of drug-likeness (QED) is 0.798. The maximum atomic E-state index is 12.5. The molecule has 1 atom stereocenters. The van der Waals surface area contributed by atoms with Crippen LogP contribution in [0.4, 0.5) is 19.0 Å². The Hall–Kier alpha value is -1.55. The topological polar surface area (TPSA) is 52.8 Å². The molecule has 0 radical (unpaired) electrons. The number of hydrogen-bond donors (Lipinski definition) is 0. The SMILES string of the molecule is CC(C#N)CN(C)c1cc(C(F)(F)F)nc(Cl)n1. The Bertz CT molecular complexity index is 469. The van der Waals surface area contributed by atoms with Gasteiger partial charge in [-0.05, 0) is 18.5 Å². The number of nitrogens with zero attached hydrogens (tertiary/aromatic N) is 4. The Morgan fingerprint density at radius 1 is 1.50 bits per heavy atom. The summed E-state index contributed by atoms with van der Waals surface area (Å²) in [5.41, 5.74) is -1.10. The molecule has 0 bridgehead atoms. The molecule has 1 aromatic rings. The number of rotatable bonds is 3. The Balaban J connectivity index is 3.03. The third-order valence-corrected chi connectivity index (χ3v) is 2.30. The average Bonchev–Trinajstić information content (AvgIpc) is 2.26. The predicted octanol–water partition coefficient (Wildman–Crippen LogP) is 2.74. The van der Waals surface area contributed by atoms with E-state index in [0.29, 0.717) is 0 Å². The molecule has 0 spiro atoms. The summed E-state index contributed by atoms with van der Waals surface area (Å²) in [4.78, 5) is 8.26. The van der Waals surface area contributed by atoms with Gasteiger partial charge in [0.2, 0.25) is 5.28 Å². The number of anilines is 1. The van der Waals surface area contributed by atoms with Crippen LogP contribution >= 0.6 is 11.6 Å². The zero-order valence-electron chi connectivity index (χ0n) is 9.66. The minimum Gasteiger partial charge on any atom is -0.358 e. The summed E-state index contributed by atoms with van der Waals surface area (Å²) in [6, 6.07) is 2.79. The first-order valence-electron chi connectivity index (χ1n) is 4.96. The van der Waals surface area contributed by atoms with Crippen LogP contribution < -0.4 is 4.90 Å². The lowest BCUT2D eigenvalue weighted by Crippen LogP contribution is -2.25. The molecule has 0 aliphatic heterocycles. The van der Waals surface area contributed by atoms with E-state index in [1.165, 1.54) is 11.9 Å². The molecule has 0 aliphatic rings. The first kappa shape index (κ1) is 14.5. The predicted molar refractivity (Wildman–Crippen MR) is 60.1 cm³/mol. The van der Waals surface area contributed by atoms with Crippen LogP contribution in [0.5, 0.6) is 0 Å². The van der Waals surface area contributed by atoms with Gasteiger partial charge in [-0.2, -0.15) is 18.4 Å². The highest BCUT2D eigenvalue weighted by Gasteiger charge is 2.34. The lowest BCUT2D eigenvalue weighted by molar-refractivity contribution is -0.141. The van der Waals surface area contributed by atoms with E-state index >= 15 is 0 Å². The fourth-order valence-corrected chi connectivity index (χ4v) is 1.47. The molecule has 0 aromatic carbocycles. The van der Waals surface area contributed by atoms with Gasteiger partial charge in [0.05, 0.1) is 12.0 Å². The smallest absolute Gasteiger partial charge is 0.358 e. The van der Waals surface area contributed by atoms with E-state index in [4.69, 9.17) is 16.9 Å². The lowest BCUT2D eigenvalue weighted by Gasteiger charge is -2.20. The highest BCUT2D eigenvalue weighted by Crippen LogP contribution is 2.30. The highest BCUT2D eigenvalue weighted by atomic mass is 35.5. The summed E-state index contributed by atoms with van der Waals surface area (Å²) in [5.74, 6) is -0.303. The van der Waals surface area contributed by atoms with Gasteiger partial charge in [-0.3, -0.25) is 0 Å². The normalized spacial score (nSPS) is 12.9. The van der Waals surface area contributed by atoms with E-state index in [1.54, 1.807) is 6.92 Å². The average molecular weight is 279 g/mol.